The molecule has 192 valence electrons. The first-order valence-electron chi connectivity index (χ1n) is 11.8. The summed E-state index contributed by atoms with van der Waals surface area (Å²) < 4.78 is 22.6. The van der Waals surface area contributed by atoms with E-state index in [0.717, 1.165) is 4.70 Å². The smallest absolute Gasteiger partial charge is 0.301 e. The Morgan fingerprint density at radius 3 is 2.39 bits per heavy atom. The van der Waals surface area contributed by atoms with Gasteiger partial charge in [-0.05, 0) is 54.1 Å². The molecule has 0 bridgehead atoms. The second-order valence-electron chi connectivity index (χ2n) is 8.63. The molecule has 1 aromatic heterocycles. The number of aliphatic hydroxyl groups excluding tert-OH is 1. The molecule has 1 unspecified atom stereocenters. The fraction of sp³-hybridized carbons (Fsp3) is 0.179. The molecule has 3 heterocycles. The molecule has 2 aliphatic heterocycles. The Morgan fingerprint density at radius 1 is 0.947 bits per heavy atom. The number of ketones is 1. The van der Waals surface area contributed by atoms with E-state index >= 15 is 0 Å². The van der Waals surface area contributed by atoms with Crippen LogP contribution in [-0.2, 0) is 9.59 Å². The highest BCUT2D eigenvalue weighted by Crippen LogP contribution is 2.45. The summed E-state index contributed by atoms with van der Waals surface area (Å²) in [5.74, 6) is 0.364. The molecule has 10 heteroatoms. The lowest BCUT2D eigenvalue weighted by molar-refractivity contribution is -0.132. The number of nitrogens with zero attached hydrogens (tertiary/aromatic N) is 2. The molecule has 1 saturated heterocycles. The number of ether oxygens (including phenoxy) is 4. The molecule has 0 spiro atoms. The number of hydrogen-bond donors (Lipinski definition) is 1. The molecule has 1 fully saturated rings. The second-order valence-corrected chi connectivity index (χ2v) is 9.64. The van der Waals surface area contributed by atoms with E-state index in [2.05, 4.69) is 4.98 Å². The van der Waals surface area contributed by atoms with E-state index in [4.69, 9.17) is 18.9 Å². The van der Waals surface area contributed by atoms with Crippen LogP contribution in [0.25, 0.3) is 16.0 Å². The highest BCUT2D eigenvalue weighted by atomic mass is 32.1. The molecule has 1 N–H and O–H groups in total. The Labute approximate surface area is 221 Å². The molecule has 2 aliphatic rings. The van der Waals surface area contributed by atoms with Crippen molar-refractivity contribution in [1.29, 1.82) is 0 Å². The van der Waals surface area contributed by atoms with Gasteiger partial charge in [-0.3, -0.25) is 14.5 Å². The Morgan fingerprint density at radius 2 is 1.66 bits per heavy atom. The number of anilines is 1. The van der Waals surface area contributed by atoms with Crippen molar-refractivity contribution in [3.05, 3.63) is 77.4 Å². The Bertz CT molecular complexity index is 1610. The molecule has 1 amide bonds. The number of amides is 1. The maximum atomic E-state index is 13.5. The van der Waals surface area contributed by atoms with E-state index in [1.807, 2.05) is 6.07 Å². The Kier molecular flexibility index (Phi) is 5.88. The van der Waals surface area contributed by atoms with Crippen LogP contribution in [-0.4, -0.2) is 49.2 Å². The zero-order valence-electron chi connectivity index (χ0n) is 20.5. The summed E-state index contributed by atoms with van der Waals surface area (Å²) in [5, 5.41) is 11.8. The Hall–Kier alpha value is -4.57. The summed E-state index contributed by atoms with van der Waals surface area (Å²) >= 11 is 1.26. The average Bonchev–Trinajstić information content (AvgIpc) is 3.49. The van der Waals surface area contributed by atoms with Crippen molar-refractivity contribution < 1.29 is 33.6 Å². The van der Waals surface area contributed by atoms with E-state index in [1.165, 1.54) is 16.2 Å². The normalized spacial score (nSPS) is 18.2. The lowest BCUT2D eigenvalue weighted by Gasteiger charge is -2.23. The van der Waals surface area contributed by atoms with Crippen molar-refractivity contribution in [3.8, 4) is 23.0 Å². The number of methoxy groups -OCH3 is 2. The minimum absolute atomic E-state index is 0.0475. The molecule has 4 aromatic rings. The van der Waals surface area contributed by atoms with E-state index < -0.39 is 17.7 Å². The lowest BCUT2D eigenvalue weighted by atomic mass is 9.95. The van der Waals surface area contributed by atoms with Gasteiger partial charge in [0.05, 0.1) is 36.1 Å². The van der Waals surface area contributed by atoms with Gasteiger partial charge in [-0.15, -0.1) is 0 Å². The van der Waals surface area contributed by atoms with Gasteiger partial charge in [-0.1, -0.05) is 23.5 Å². The second kappa shape index (κ2) is 9.38. The minimum atomic E-state index is -0.920. The molecular formula is C28H22N2O7S. The fourth-order valence-corrected chi connectivity index (χ4v) is 5.62. The monoisotopic (exact) mass is 530 g/mol. The fourth-order valence-electron chi connectivity index (χ4n) is 4.60. The molecule has 3 aromatic carbocycles. The number of rotatable bonds is 5. The number of thiazole rings is 1. The van der Waals surface area contributed by atoms with Crippen LogP contribution in [0.1, 0.15) is 17.2 Å². The third-order valence-corrected chi connectivity index (χ3v) is 7.50. The van der Waals surface area contributed by atoms with Crippen LogP contribution >= 0.6 is 11.3 Å². The molecule has 0 aliphatic carbocycles. The predicted molar refractivity (Wildman–Crippen MR) is 141 cm³/mol. The van der Waals surface area contributed by atoms with Crippen molar-refractivity contribution >= 4 is 44.1 Å². The van der Waals surface area contributed by atoms with E-state index in [-0.39, 0.29) is 11.3 Å². The number of fused-ring (bicyclic) bond motifs is 2. The van der Waals surface area contributed by atoms with Crippen LogP contribution in [0.15, 0.2) is 66.2 Å². The van der Waals surface area contributed by atoms with Gasteiger partial charge in [0.2, 0.25) is 0 Å². The van der Waals surface area contributed by atoms with E-state index in [9.17, 15) is 14.7 Å². The van der Waals surface area contributed by atoms with Crippen LogP contribution in [0.3, 0.4) is 0 Å². The van der Waals surface area contributed by atoms with Crippen LogP contribution in [0.2, 0.25) is 0 Å². The van der Waals surface area contributed by atoms with E-state index in [0.29, 0.717) is 58.0 Å². The largest absolute Gasteiger partial charge is 0.507 e. The van der Waals surface area contributed by atoms with Gasteiger partial charge in [0, 0.05) is 5.56 Å². The highest BCUT2D eigenvalue weighted by Gasteiger charge is 2.48. The number of aliphatic hydroxyl groups is 1. The van der Waals surface area contributed by atoms with Gasteiger partial charge < -0.3 is 24.1 Å². The first-order chi connectivity index (χ1) is 18.5. The maximum Gasteiger partial charge on any atom is 0.301 e. The van der Waals surface area contributed by atoms with Gasteiger partial charge in [0.25, 0.3) is 5.78 Å². The number of benzene rings is 3. The molecule has 1 atom stereocenters. The first-order valence-corrected chi connectivity index (χ1v) is 12.6. The average molecular weight is 531 g/mol. The van der Waals surface area contributed by atoms with Gasteiger partial charge in [0.1, 0.15) is 30.5 Å². The summed E-state index contributed by atoms with van der Waals surface area (Å²) in [7, 11) is 3.13. The van der Waals surface area contributed by atoms with Gasteiger partial charge in [-0.2, -0.15) is 0 Å². The number of Topliss-reactive ketones (excluding diaryl/α,β-unsaturated/α-hetero) is 1. The molecular weight excluding hydrogens is 508 g/mol. The lowest BCUT2D eigenvalue weighted by Crippen LogP contribution is -2.29. The summed E-state index contributed by atoms with van der Waals surface area (Å²) in [4.78, 5) is 33.0. The highest BCUT2D eigenvalue weighted by molar-refractivity contribution is 7.22. The van der Waals surface area contributed by atoms with Gasteiger partial charge in [-0.25, -0.2) is 4.98 Å². The van der Waals surface area contributed by atoms with Crippen LogP contribution in [0, 0.1) is 0 Å². The van der Waals surface area contributed by atoms with Crippen LogP contribution in [0.5, 0.6) is 23.0 Å². The molecule has 6 rings (SSSR count). The number of hydrogen-bond acceptors (Lipinski definition) is 9. The van der Waals surface area contributed by atoms with E-state index in [1.54, 1.807) is 68.8 Å². The van der Waals surface area contributed by atoms with Gasteiger partial charge >= 0.3 is 5.91 Å². The minimum Gasteiger partial charge on any atom is -0.507 e. The predicted octanol–water partition coefficient (Wildman–Crippen LogP) is 4.71. The SMILES string of the molecule is COc1ccc(C2/C(=C(\O)c3ccc4c(c3)OCCO4)C(=O)C(=O)N2c2nc3ccc(OC)cc3s2)cc1. The third kappa shape index (κ3) is 3.90. The first kappa shape index (κ1) is 23.8. The Balaban J connectivity index is 1.52. The quantitative estimate of drug-likeness (QED) is 0.225. The number of carbonyl (C=O) groups excluding carboxylic acids is 2. The molecule has 38 heavy (non-hydrogen) atoms. The summed E-state index contributed by atoms with van der Waals surface area (Å²) in [6.45, 7) is 0.796. The van der Waals surface area contributed by atoms with Crippen LogP contribution < -0.4 is 23.8 Å². The van der Waals surface area contributed by atoms with Gasteiger partial charge in [0.15, 0.2) is 16.6 Å². The molecule has 9 nitrogen and oxygen atoms in total. The molecule has 0 radical (unpaired) electrons. The third-order valence-electron chi connectivity index (χ3n) is 6.48. The van der Waals surface area contributed by atoms with Crippen molar-refractivity contribution in [1.82, 2.24) is 4.98 Å². The number of carbonyl (C=O) groups is 2. The number of aromatic nitrogens is 1. The van der Waals surface area contributed by atoms with Crippen molar-refractivity contribution in [2.45, 2.75) is 6.04 Å². The maximum absolute atomic E-state index is 13.5. The summed E-state index contributed by atoms with van der Waals surface area (Å²) in [6, 6.07) is 16.4. The zero-order chi connectivity index (χ0) is 26.4. The summed E-state index contributed by atoms with van der Waals surface area (Å²) in [5.41, 5.74) is 1.56. The van der Waals surface area contributed by atoms with Crippen molar-refractivity contribution in [3.63, 3.8) is 0 Å². The topological polar surface area (TPSA) is 107 Å². The summed E-state index contributed by atoms with van der Waals surface area (Å²) in [6.07, 6.45) is 0. The van der Waals surface area contributed by atoms with Crippen molar-refractivity contribution in [2.24, 2.45) is 0 Å². The zero-order valence-corrected chi connectivity index (χ0v) is 21.3. The van der Waals surface area contributed by atoms with Crippen LogP contribution in [0.4, 0.5) is 5.13 Å². The van der Waals surface area contributed by atoms with Crippen molar-refractivity contribution in [2.75, 3.05) is 32.3 Å². The standard InChI is InChI=1S/C28H22N2O7S/c1-34-17-6-3-15(4-7-17)24-23(25(31)16-5-10-20-21(13-16)37-12-11-36-20)26(32)27(33)30(24)28-29-19-9-8-18(35-2)14-22(19)38-28/h3-10,13-14,24,31H,11-12H2,1-2H3/b25-23+. The molecule has 0 saturated carbocycles.